The van der Waals surface area contributed by atoms with Gasteiger partial charge >= 0.3 is 0 Å². The van der Waals surface area contributed by atoms with Crippen LogP contribution >= 0.6 is 0 Å². The Hall–Kier alpha value is -2.90. The molecule has 1 aromatic carbocycles. The van der Waals surface area contributed by atoms with Crippen LogP contribution in [-0.4, -0.2) is 58.2 Å². The van der Waals surface area contributed by atoms with Gasteiger partial charge in [0.1, 0.15) is 25.9 Å². The average Bonchev–Trinajstić information content (AvgIpc) is 3.17. The van der Waals surface area contributed by atoms with Gasteiger partial charge in [0.2, 0.25) is 5.91 Å². The van der Waals surface area contributed by atoms with Crippen LogP contribution in [0.4, 0.5) is 0 Å². The Balaban J connectivity index is 1.48. The van der Waals surface area contributed by atoms with Gasteiger partial charge in [-0.2, -0.15) is 5.10 Å². The van der Waals surface area contributed by atoms with Crippen LogP contribution in [-0.2, 0) is 11.3 Å². The number of benzene rings is 1. The summed E-state index contributed by atoms with van der Waals surface area (Å²) >= 11 is 0. The molecule has 0 unspecified atom stereocenters. The van der Waals surface area contributed by atoms with Crippen molar-refractivity contribution in [2.45, 2.75) is 19.4 Å². The predicted octanol–water partition coefficient (Wildman–Crippen LogP) is 1.17. The summed E-state index contributed by atoms with van der Waals surface area (Å²) < 4.78 is 12.6. The molecule has 0 spiro atoms. The minimum Gasteiger partial charge on any atom is -0.486 e. The SMILES string of the molecule is CN(CCn1cncn1)C(=O)CCC(=O)c1ccc2c(c1)OCCO2. The smallest absolute Gasteiger partial charge is 0.222 e. The Bertz CT molecular complexity index is 745. The van der Waals surface area contributed by atoms with Gasteiger partial charge in [-0.1, -0.05) is 0 Å². The van der Waals surface area contributed by atoms with E-state index in [0.717, 1.165) is 0 Å². The molecule has 0 aliphatic carbocycles. The van der Waals surface area contributed by atoms with Crippen molar-refractivity contribution in [3.05, 3.63) is 36.4 Å². The standard InChI is InChI=1S/C17H20N4O4/c1-20(6-7-21-12-18-11-19-21)17(23)5-3-14(22)13-2-4-15-16(10-13)25-9-8-24-15/h2,4,10-12H,3,5-9H2,1H3. The summed E-state index contributed by atoms with van der Waals surface area (Å²) in [6.07, 6.45) is 3.38. The molecule has 0 atom stereocenters. The summed E-state index contributed by atoms with van der Waals surface area (Å²) in [5.41, 5.74) is 0.530. The fraction of sp³-hybridized carbons (Fsp3) is 0.412. The van der Waals surface area contributed by atoms with E-state index in [2.05, 4.69) is 10.1 Å². The fourth-order valence-corrected chi connectivity index (χ4v) is 2.50. The van der Waals surface area contributed by atoms with Crippen molar-refractivity contribution in [1.82, 2.24) is 19.7 Å². The van der Waals surface area contributed by atoms with Crippen molar-refractivity contribution in [3.63, 3.8) is 0 Å². The first-order valence-electron chi connectivity index (χ1n) is 8.13. The predicted molar refractivity (Wildman–Crippen MR) is 88.7 cm³/mol. The quantitative estimate of drug-likeness (QED) is 0.701. The van der Waals surface area contributed by atoms with Crippen molar-refractivity contribution in [2.24, 2.45) is 0 Å². The van der Waals surface area contributed by atoms with E-state index in [1.807, 2.05) is 0 Å². The number of amides is 1. The number of aromatic nitrogens is 3. The third kappa shape index (κ3) is 4.34. The van der Waals surface area contributed by atoms with Gasteiger partial charge in [0.15, 0.2) is 17.3 Å². The molecule has 0 fully saturated rings. The van der Waals surface area contributed by atoms with Crippen LogP contribution in [0.2, 0.25) is 0 Å². The van der Waals surface area contributed by atoms with Gasteiger partial charge < -0.3 is 14.4 Å². The molecule has 1 amide bonds. The van der Waals surface area contributed by atoms with Crippen molar-refractivity contribution >= 4 is 11.7 Å². The van der Waals surface area contributed by atoms with E-state index >= 15 is 0 Å². The van der Waals surface area contributed by atoms with E-state index in [1.54, 1.807) is 41.2 Å². The lowest BCUT2D eigenvalue weighted by atomic mass is 10.1. The third-order valence-corrected chi connectivity index (χ3v) is 3.99. The number of ether oxygens (including phenoxy) is 2. The van der Waals surface area contributed by atoms with Crippen LogP contribution in [0.15, 0.2) is 30.9 Å². The highest BCUT2D eigenvalue weighted by Crippen LogP contribution is 2.31. The second kappa shape index (κ2) is 7.78. The van der Waals surface area contributed by atoms with Gasteiger partial charge in [-0.3, -0.25) is 14.3 Å². The number of fused-ring (bicyclic) bond motifs is 1. The molecule has 8 nitrogen and oxygen atoms in total. The van der Waals surface area contributed by atoms with E-state index in [1.165, 1.54) is 6.33 Å². The van der Waals surface area contributed by atoms with Crippen LogP contribution in [0.25, 0.3) is 0 Å². The van der Waals surface area contributed by atoms with Gasteiger partial charge in [0.25, 0.3) is 0 Å². The summed E-state index contributed by atoms with van der Waals surface area (Å²) in [4.78, 5) is 29.9. The molecule has 3 rings (SSSR count). The Kier molecular flexibility index (Phi) is 5.27. The van der Waals surface area contributed by atoms with Crippen LogP contribution in [0.1, 0.15) is 23.2 Å². The second-order valence-electron chi connectivity index (χ2n) is 5.76. The number of ketones is 1. The van der Waals surface area contributed by atoms with E-state index < -0.39 is 0 Å². The highest BCUT2D eigenvalue weighted by molar-refractivity contribution is 5.98. The number of carbonyl (C=O) groups is 2. The molecule has 0 bridgehead atoms. The van der Waals surface area contributed by atoms with Gasteiger partial charge in [0.05, 0.1) is 6.54 Å². The monoisotopic (exact) mass is 344 g/mol. The number of carbonyl (C=O) groups excluding carboxylic acids is 2. The lowest BCUT2D eigenvalue weighted by molar-refractivity contribution is -0.130. The summed E-state index contributed by atoms with van der Waals surface area (Å²) in [5.74, 6) is 1.06. The third-order valence-electron chi connectivity index (χ3n) is 3.99. The highest BCUT2D eigenvalue weighted by atomic mass is 16.6. The Morgan fingerprint density at radius 1 is 1.20 bits per heavy atom. The minimum atomic E-state index is -0.0880. The largest absolute Gasteiger partial charge is 0.486 e. The maximum Gasteiger partial charge on any atom is 0.222 e. The van der Waals surface area contributed by atoms with E-state index in [-0.39, 0.29) is 24.5 Å². The number of rotatable bonds is 7. The lowest BCUT2D eigenvalue weighted by Crippen LogP contribution is -2.30. The first-order valence-corrected chi connectivity index (χ1v) is 8.13. The first-order chi connectivity index (χ1) is 12.1. The van der Waals surface area contributed by atoms with Crippen molar-refractivity contribution in [2.75, 3.05) is 26.8 Å². The number of hydrogen-bond donors (Lipinski definition) is 0. The normalized spacial score (nSPS) is 12.7. The zero-order valence-corrected chi connectivity index (χ0v) is 14.1. The minimum absolute atomic E-state index is 0.0778. The van der Waals surface area contributed by atoms with Gasteiger partial charge in [-0.25, -0.2) is 4.98 Å². The van der Waals surface area contributed by atoms with Gasteiger partial charge in [0, 0.05) is 32.0 Å². The summed E-state index contributed by atoms with van der Waals surface area (Å²) in [5, 5.41) is 3.99. The fourth-order valence-electron chi connectivity index (χ4n) is 2.50. The Labute approximate surface area is 145 Å². The molecule has 0 N–H and O–H groups in total. The molecule has 1 aromatic heterocycles. The molecule has 1 aliphatic heterocycles. The van der Waals surface area contributed by atoms with Crippen LogP contribution < -0.4 is 9.47 Å². The van der Waals surface area contributed by atoms with Crippen molar-refractivity contribution in [3.8, 4) is 11.5 Å². The molecule has 2 aromatic rings. The Morgan fingerprint density at radius 3 is 2.76 bits per heavy atom. The van der Waals surface area contributed by atoms with Crippen LogP contribution in [0, 0.1) is 0 Å². The molecule has 1 aliphatic rings. The molecule has 25 heavy (non-hydrogen) atoms. The molecule has 0 radical (unpaired) electrons. The lowest BCUT2D eigenvalue weighted by Gasteiger charge is -2.19. The summed E-state index contributed by atoms with van der Waals surface area (Å²) in [6.45, 7) is 2.06. The van der Waals surface area contributed by atoms with Gasteiger partial charge in [-0.15, -0.1) is 0 Å². The number of likely N-dealkylation sites (N-methyl/N-ethyl adjacent to an activating group) is 1. The number of Topliss-reactive ketones (excluding diaryl/α,β-unsaturated/α-hetero) is 1. The highest BCUT2D eigenvalue weighted by Gasteiger charge is 2.17. The Morgan fingerprint density at radius 2 is 2.00 bits per heavy atom. The molecular formula is C17H20N4O4. The second-order valence-corrected chi connectivity index (χ2v) is 5.76. The molecule has 2 heterocycles. The maximum absolute atomic E-state index is 12.3. The van der Waals surface area contributed by atoms with Crippen molar-refractivity contribution < 1.29 is 19.1 Å². The van der Waals surface area contributed by atoms with E-state index in [4.69, 9.17) is 9.47 Å². The van der Waals surface area contributed by atoms with Gasteiger partial charge in [-0.05, 0) is 18.2 Å². The van der Waals surface area contributed by atoms with Crippen LogP contribution in [0.5, 0.6) is 11.5 Å². The first kappa shape index (κ1) is 16.9. The molecule has 132 valence electrons. The summed E-state index contributed by atoms with van der Waals surface area (Å²) in [6, 6.07) is 5.11. The zero-order valence-electron chi connectivity index (χ0n) is 14.1. The molecule has 8 heteroatoms. The van der Waals surface area contributed by atoms with Crippen LogP contribution in [0.3, 0.4) is 0 Å². The molecule has 0 saturated carbocycles. The molecular weight excluding hydrogens is 324 g/mol. The zero-order chi connectivity index (χ0) is 17.6. The topological polar surface area (TPSA) is 86.6 Å². The average molecular weight is 344 g/mol. The number of nitrogens with zero attached hydrogens (tertiary/aromatic N) is 4. The van der Waals surface area contributed by atoms with E-state index in [0.29, 0.717) is 43.4 Å². The molecule has 0 saturated heterocycles. The maximum atomic E-state index is 12.3. The summed E-state index contributed by atoms with van der Waals surface area (Å²) in [7, 11) is 1.72. The number of hydrogen-bond acceptors (Lipinski definition) is 6. The van der Waals surface area contributed by atoms with E-state index in [9.17, 15) is 9.59 Å². The van der Waals surface area contributed by atoms with Crippen molar-refractivity contribution in [1.29, 1.82) is 0 Å².